The van der Waals surface area contributed by atoms with Crippen molar-refractivity contribution in [2.45, 2.75) is 25.3 Å². The van der Waals surface area contributed by atoms with Crippen LogP contribution in [0, 0.1) is 0 Å². The van der Waals surface area contributed by atoms with Gasteiger partial charge in [-0.2, -0.15) is 10.1 Å². The second-order valence-electron chi connectivity index (χ2n) is 6.10. The number of piperidine rings is 1. The molecule has 4 rings (SSSR count). The monoisotopic (exact) mass is 324 g/mol. The van der Waals surface area contributed by atoms with Gasteiger partial charge in [-0.3, -0.25) is 0 Å². The van der Waals surface area contributed by atoms with Crippen LogP contribution in [-0.4, -0.2) is 49.4 Å². The molecular weight excluding hydrogens is 304 g/mol. The lowest BCUT2D eigenvalue weighted by Crippen LogP contribution is -2.38. The van der Waals surface area contributed by atoms with Crippen molar-refractivity contribution in [1.29, 1.82) is 0 Å². The highest BCUT2D eigenvalue weighted by molar-refractivity contribution is 5.53. The summed E-state index contributed by atoms with van der Waals surface area (Å²) < 4.78 is 7.36. The van der Waals surface area contributed by atoms with Gasteiger partial charge in [0.25, 0.3) is 0 Å². The lowest BCUT2D eigenvalue weighted by atomic mass is 10.1. The summed E-state index contributed by atoms with van der Waals surface area (Å²) in [7, 11) is 0. The molecule has 0 bridgehead atoms. The van der Waals surface area contributed by atoms with E-state index in [1.165, 1.54) is 6.42 Å². The molecule has 0 aliphatic carbocycles. The average Bonchev–Trinajstić information content (AvgIpc) is 3.33. The molecule has 0 N–H and O–H groups in total. The first-order chi connectivity index (χ1) is 11.9. The van der Waals surface area contributed by atoms with Crippen molar-refractivity contribution >= 4 is 0 Å². The van der Waals surface area contributed by atoms with E-state index in [0.29, 0.717) is 17.8 Å². The summed E-state index contributed by atoms with van der Waals surface area (Å²) in [4.78, 5) is 11.0. The molecular formula is C17H20N6O. The van der Waals surface area contributed by atoms with Crippen molar-refractivity contribution in [3.8, 4) is 11.4 Å². The lowest BCUT2D eigenvalue weighted by molar-refractivity contribution is 0.167. The first kappa shape index (κ1) is 15.0. The number of nitrogens with zero attached hydrogens (tertiary/aromatic N) is 6. The molecule has 124 valence electrons. The summed E-state index contributed by atoms with van der Waals surface area (Å²) in [6.45, 7) is 3.01. The maximum atomic E-state index is 5.39. The number of likely N-dealkylation sites (tertiary alicyclic amines) is 1. The van der Waals surface area contributed by atoms with E-state index in [1.807, 2.05) is 35.0 Å². The minimum atomic E-state index is 0.406. The van der Waals surface area contributed by atoms with Crippen molar-refractivity contribution < 1.29 is 4.52 Å². The Kier molecular flexibility index (Phi) is 4.33. The second-order valence-corrected chi connectivity index (χ2v) is 6.10. The summed E-state index contributed by atoms with van der Waals surface area (Å²) >= 11 is 0. The van der Waals surface area contributed by atoms with Crippen molar-refractivity contribution in [2.24, 2.45) is 0 Å². The molecule has 1 saturated heterocycles. The summed E-state index contributed by atoms with van der Waals surface area (Å²) in [6, 6.07) is 10.3. The fourth-order valence-corrected chi connectivity index (χ4v) is 3.17. The predicted molar refractivity (Wildman–Crippen MR) is 88.2 cm³/mol. The highest BCUT2D eigenvalue weighted by atomic mass is 16.5. The van der Waals surface area contributed by atoms with E-state index in [0.717, 1.165) is 38.0 Å². The Hall–Kier alpha value is -2.54. The number of aromatic nitrogens is 5. The van der Waals surface area contributed by atoms with Crippen LogP contribution >= 0.6 is 0 Å². The van der Waals surface area contributed by atoms with Gasteiger partial charge in [0.15, 0.2) is 0 Å². The van der Waals surface area contributed by atoms with Gasteiger partial charge in [-0.1, -0.05) is 35.5 Å². The summed E-state index contributed by atoms with van der Waals surface area (Å²) in [5, 5.41) is 8.35. The van der Waals surface area contributed by atoms with Crippen molar-refractivity contribution in [2.75, 3.05) is 19.6 Å². The molecule has 2 aromatic heterocycles. The van der Waals surface area contributed by atoms with Crippen molar-refractivity contribution in [1.82, 2.24) is 29.8 Å². The van der Waals surface area contributed by atoms with Gasteiger partial charge in [-0.25, -0.2) is 9.67 Å². The summed E-state index contributed by atoms with van der Waals surface area (Å²) in [5.41, 5.74) is 0.983. The zero-order valence-electron chi connectivity index (χ0n) is 13.5. The van der Waals surface area contributed by atoms with Gasteiger partial charge in [0.05, 0.1) is 6.04 Å². The lowest BCUT2D eigenvalue weighted by Gasteiger charge is -2.32. The van der Waals surface area contributed by atoms with Gasteiger partial charge in [-0.05, 0) is 19.4 Å². The van der Waals surface area contributed by atoms with E-state index >= 15 is 0 Å². The van der Waals surface area contributed by atoms with Gasteiger partial charge in [-0.15, -0.1) is 0 Å². The molecule has 3 heterocycles. The van der Waals surface area contributed by atoms with Crippen LogP contribution in [0.4, 0.5) is 0 Å². The molecule has 7 heteroatoms. The summed E-state index contributed by atoms with van der Waals surface area (Å²) in [5.74, 6) is 1.35. The number of rotatable bonds is 5. The fourth-order valence-electron chi connectivity index (χ4n) is 3.17. The Morgan fingerprint density at radius 2 is 2.12 bits per heavy atom. The van der Waals surface area contributed by atoms with E-state index in [1.54, 1.807) is 12.7 Å². The Morgan fingerprint density at radius 3 is 2.96 bits per heavy atom. The molecule has 1 fully saturated rings. The van der Waals surface area contributed by atoms with E-state index in [-0.39, 0.29) is 0 Å². The SMILES string of the molecule is c1ccc(-c2noc(CCN3CCCC(n4cncn4)C3)n2)cc1. The molecule has 1 aliphatic heterocycles. The van der Waals surface area contributed by atoms with Crippen LogP contribution in [0.25, 0.3) is 11.4 Å². The standard InChI is InChI=1S/C17H20N6O/c1-2-5-14(6-3-1)17-20-16(24-21-17)8-10-22-9-4-7-15(11-22)23-13-18-12-19-23/h1-3,5-6,12-13,15H,4,7-11H2. The van der Waals surface area contributed by atoms with Crippen LogP contribution in [0.1, 0.15) is 24.8 Å². The first-order valence-corrected chi connectivity index (χ1v) is 8.33. The maximum Gasteiger partial charge on any atom is 0.228 e. The van der Waals surface area contributed by atoms with E-state index < -0.39 is 0 Å². The third-order valence-electron chi connectivity index (χ3n) is 4.43. The third-order valence-corrected chi connectivity index (χ3v) is 4.43. The minimum absolute atomic E-state index is 0.406. The van der Waals surface area contributed by atoms with Crippen molar-refractivity contribution in [3.63, 3.8) is 0 Å². The van der Waals surface area contributed by atoms with Gasteiger partial charge in [0.1, 0.15) is 12.7 Å². The second kappa shape index (κ2) is 6.92. The van der Waals surface area contributed by atoms with Crippen LogP contribution in [0.3, 0.4) is 0 Å². The number of benzene rings is 1. The average molecular weight is 324 g/mol. The Morgan fingerprint density at radius 1 is 1.21 bits per heavy atom. The molecule has 3 aromatic rings. The third kappa shape index (κ3) is 3.35. The van der Waals surface area contributed by atoms with Crippen LogP contribution in [0.5, 0.6) is 0 Å². The van der Waals surface area contributed by atoms with E-state index in [9.17, 15) is 0 Å². The zero-order valence-corrected chi connectivity index (χ0v) is 13.5. The largest absolute Gasteiger partial charge is 0.339 e. The smallest absolute Gasteiger partial charge is 0.228 e. The van der Waals surface area contributed by atoms with Crippen molar-refractivity contribution in [3.05, 3.63) is 48.9 Å². The highest BCUT2D eigenvalue weighted by Gasteiger charge is 2.22. The molecule has 0 spiro atoms. The van der Waals surface area contributed by atoms with Gasteiger partial charge in [0, 0.05) is 25.1 Å². The van der Waals surface area contributed by atoms with Gasteiger partial charge >= 0.3 is 0 Å². The molecule has 0 amide bonds. The summed E-state index contributed by atoms with van der Waals surface area (Å²) in [6.07, 6.45) is 6.49. The van der Waals surface area contributed by atoms with Crippen LogP contribution in [0.15, 0.2) is 47.5 Å². The topological polar surface area (TPSA) is 72.9 Å². The molecule has 1 unspecified atom stereocenters. The van der Waals surface area contributed by atoms with E-state index in [2.05, 4.69) is 25.1 Å². The number of hydrogen-bond donors (Lipinski definition) is 0. The van der Waals surface area contributed by atoms with Crippen LogP contribution in [0.2, 0.25) is 0 Å². The van der Waals surface area contributed by atoms with Crippen LogP contribution < -0.4 is 0 Å². The Bertz CT molecular complexity index is 755. The van der Waals surface area contributed by atoms with E-state index in [4.69, 9.17) is 4.52 Å². The van der Waals surface area contributed by atoms with Gasteiger partial charge in [0.2, 0.25) is 11.7 Å². The molecule has 1 aliphatic rings. The molecule has 1 aromatic carbocycles. The Balaban J connectivity index is 1.34. The quantitative estimate of drug-likeness (QED) is 0.716. The van der Waals surface area contributed by atoms with Crippen LogP contribution in [-0.2, 0) is 6.42 Å². The molecule has 7 nitrogen and oxygen atoms in total. The minimum Gasteiger partial charge on any atom is -0.339 e. The maximum absolute atomic E-state index is 5.39. The fraction of sp³-hybridized carbons (Fsp3) is 0.412. The van der Waals surface area contributed by atoms with Gasteiger partial charge < -0.3 is 9.42 Å². The number of hydrogen-bond acceptors (Lipinski definition) is 6. The molecule has 24 heavy (non-hydrogen) atoms. The molecule has 1 atom stereocenters. The zero-order chi connectivity index (χ0) is 16.2. The Labute approximate surface area is 140 Å². The predicted octanol–water partition coefficient (Wildman–Crippen LogP) is 2.21. The first-order valence-electron chi connectivity index (χ1n) is 8.33. The molecule has 0 radical (unpaired) electrons. The highest BCUT2D eigenvalue weighted by Crippen LogP contribution is 2.20. The molecule has 0 saturated carbocycles. The normalized spacial score (nSPS) is 18.8.